The Labute approximate surface area is 114 Å². The van der Waals surface area contributed by atoms with E-state index in [2.05, 4.69) is 28.5 Å². The molecule has 0 aliphatic heterocycles. The Morgan fingerprint density at radius 2 is 2.26 bits per heavy atom. The van der Waals surface area contributed by atoms with Gasteiger partial charge < -0.3 is 5.32 Å². The largest absolute Gasteiger partial charge is 0.355 e. The van der Waals surface area contributed by atoms with E-state index < -0.39 is 4.92 Å². The van der Waals surface area contributed by atoms with Crippen LogP contribution in [0.2, 0.25) is 0 Å². The molecular weight excluding hydrogens is 262 g/mol. The number of thiazole rings is 1. The number of aryl methyl sites for hydroxylation is 1. The van der Waals surface area contributed by atoms with Crippen molar-refractivity contribution in [1.29, 1.82) is 0 Å². The second-order valence-corrected chi connectivity index (χ2v) is 5.56. The second kappa shape index (κ2) is 4.97. The van der Waals surface area contributed by atoms with Gasteiger partial charge in [0.1, 0.15) is 6.20 Å². The Balaban J connectivity index is 1.82. The van der Waals surface area contributed by atoms with Gasteiger partial charge in [0.25, 0.3) is 0 Å². The van der Waals surface area contributed by atoms with Crippen LogP contribution in [0.3, 0.4) is 0 Å². The highest BCUT2D eigenvalue weighted by atomic mass is 32.1. The lowest BCUT2D eigenvalue weighted by Crippen LogP contribution is -2.17. The van der Waals surface area contributed by atoms with E-state index in [0.29, 0.717) is 5.13 Å². The van der Waals surface area contributed by atoms with Crippen molar-refractivity contribution in [1.82, 2.24) is 4.98 Å². The molecule has 0 spiro atoms. The quantitative estimate of drug-likeness (QED) is 0.687. The highest BCUT2D eigenvalue weighted by Gasteiger charge is 2.21. The van der Waals surface area contributed by atoms with Crippen molar-refractivity contribution in [3.05, 3.63) is 51.7 Å². The molecule has 0 amide bonds. The lowest BCUT2D eigenvalue weighted by Gasteiger charge is -2.25. The van der Waals surface area contributed by atoms with Crippen molar-refractivity contribution in [3.63, 3.8) is 0 Å². The molecule has 6 heteroatoms. The van der Waals surface area contributed by atoms with Gasteiger partial charge in [0.15, 0.2) is 5.13 Å². The van der Waals surface area contributed by atoms with Gasteiger partial charge in [-0.2, -0.15) is 0 Å². The lowest BCUT2D eigenvalue weighted by atomic mass is 9.88. The van der Waals surface area contributed by atoms with Crippen molar-refractivity contribution in [2.45, 2.75) is 25.3 Å². The molecule has 1 heterocycles. The summed E-state index contributed by atoms with van der Waals surface area (Å²) in [5.74, 6) is 0. The van der Waals surface area contributed by atoms with Crippen LogP contribution in [0.4, 0.5) is 10.1 Å². The number of fused-ring (bicyclic) bond motifs is 1. The van der Waals surface area contributed by atoms with Gasteiger partial charge in [-0.3, -0.25) is 10.1 Å². The van der Waals surface area contributed by atoms with E-state index in [1.807, 2.05) is 6.07 Å². The summed E-state index contributed by atoms with van der Waals surface area (Å²) in [5, 5.41) is 14.7. The maximum absolute atomic E-state index is 10.7. The number of nitro groups is 1. The van der Waals surface area contributed by atoms with Gasteiger partial charge in [-0.15, -0.1) is 0 Å². The van der Waals surface area contributed by atoms with Gasteiger partial charge in [0.05, 0.1) is 11.0 Å². The van der Waals surface area contributed by atoms with Crippen LogP contribution >= 0.6 is 11.3 Å². The first-order chi connectivity index (χ1) is 9.24. The van der Waals surface area contributed by atoms with Crippen LogP contribution in [-0.2, 0) is 6.42 Å². The number of nitrogens with zero attached hydrogens (tertiary/aromatic N) is 2. The fourth-order valence-electron chi connectivity index (χ4n) is 2.47. The van der Waals surface area contributed by atoms with Crippen molar-refractivity contribution < 1.29 is 4.92 Å². The van der Waals surface area contributed by atoms with Gasteiger partial charge in [-0.1, -0.05) is 24.3 Å². The SMILES string of the molecule is O=[N+]([O-])c1cnc(N[C@@H]2CCCc3ccccc32)s1. The molecule has 5 nitrogen and oxygen atoms in total. The van der Waals surface area contributed by atoms with Crippen LogP contribution < -0.4 is 5.32 Å². The standard InChI is InChI=1S/C13H13N3O2S/c17-16(18)12-8-14-13(19-12)15-11-7-3-5-9-4-1-2-6-10(9)11/h1-2,4,6,8,11H,3,5,7H2,(H,14,15)/t11-/m1/s1. The molecule has 1 N–H and O–H groups in total. The summed E-state index contributed by atoms with van der Waals surface area (Å²) < 4.78 is 0. The zero-order valence-corrected chi connectivity index (χ0v) is 11.0. The average molecular weight is 275 g/mol. The Kier molecular flexibility index (Phi) is 3.16. The molecule has 19 heavy (non-hydrogen) atoms. The summed E-state index contributed by atoms with van der Waals surface area (Å²) in [6, 6.07) is 8.55. The maximum atomic E-state index is 10.7. The van der Waals surface area contributed by atoms with Crippen LogP contribution in [0.5, 0.6) is 0 Å². The maximum Gasteiger partial charge on any atom is 0.345 e. The molecule has 1 aliphatic rings. The molecule has 0 saturated heterocycles. The molecule has 98 valence electrons. The highest BCUT2D eigenvalue weighted by molar-refractivity contribution is 7.18. The molecule has 2 aromatic rings. The fraction of sp³-hybridized carbons (Fsp3) is 0.308. The molecule has 1 aliphatic carbocycles. The summed E-state index contributed by atoms with van der Waals surface area (Å²) in [5.41, 5.74) is 2.64. The first-order valence-corrected chi connectivity index (χ1v) is 7.00. The number of nitrogens with one attached hydrogen (secondary N) is 1. The third-order valence-corrected chi connectivity index (χ3v) is 4.22. The monoisotopic (exact) mass is 275 g/mol. The fourth-order valence-corrected chi connectivity index (χ4v) is 3.15. The number of benzene rings is 1. The summed E-state index contributed by atoms with van der Waals surface area (Å²) in [4.78, 5) is 14.3. The molecule has 1 aromatic carbocycles. The zero-order valence-electron chi connectivity index (χ0n) is 10.2. The zero-order chi connectivity index (χ0) is 13.2. The predicted molar refractivity (Wildman–Crippen MR) is 74.5 cm³/mol. The summed E-state index contributed by atoms with van der Waals surface area (Å²) >= 11 is 1.09. The summed E-state index contributed by atoms with van der Waals surface area (Å²) in [6.45, 7) is 0. The average Bonchev–Trinajstić information content (AvgIpc) is 2.88. The van der Waals surface area contributed by atoms with E-state index in [1.165, 1.54) is 17.3 Å². The van der Waals surface area contributed by atoms with Gasteiger partial charge in [-0.25, -0.2) is 4.98 Å². The van der Waals surface area contributed by atoms with Crippen LogP contribution in [0.15, 0.2) is 30.5 Å². The van der Waals surface area contributed by atoms with Crippen LogP contribution in [0, 0.1) is 10.1 Å². The van der Waals surface area contributed by atoms with Gasteiger partial charge in [0, 0.05) is 0 Å². The van der Waals surface area contributed by atoms with Gasteiger partial charge >= 0.3 is 5.00 Å². The molecule has 0 unspecified atom stereocenters. The number of rotatable bonds is 3. The Hall–Kier alpha value is -1.95. The number of hydrogen-bond donors (Lipinski definition) is 1. The van der Waals surface area contributed by atoms with Crippen molar-refractivity contribution in [2.24, 2.45) is 0 Å². The Morgan fingerprint density at radius 1 is 1.42 bits per heavy atom. The van der Waals surface area contributed by atoms with E-state index in [4.69, 9.17) is 0 Å². The third-order valence-electron chi connectivity index (χ3n) is 3.34. The number of anilines is 1. The molecule has 3 rings (SSSR count). The molecular formula is C13H13N3O2S. The lowest BCUT2D eigenvalue weighted by molar-refractivity contribution is -0.380. The molecule has 0 saturated carbocycles. The van der Waals surface area contributed by atoms with Gasteiger partial charge in [-0.05, 0) is 41.7 Å². The highest BCUT2D eigenvalue weighted by Crippen LogP contribution is 2.34. The first kappa shape index (κ1) is 12.1. The molecule has 1 atom stereocenters. The summed E-state index contributed by atoms with van der Waals surface area (Å²) in [7, 11) is 0. The topological polar surface area (TPSA) is 68.1 Å². The normalized spacial score (nSPS) is 17.8. The van der Waals surface area contributed by atoms with E-state index >= 15 is 0 Å². The Morgan fingerprint density at radius 3 is 3.05 bits per heavy atom. The van der Waals surface area contributed by atoms with Gasteiger partial charge in [0.2, 0.25) is 0 Å². The third kappa shape index (κ3) is 2.44. The first-order valence-electron chi connectivity index (χ1n) is 6.18. The van der Waals surface area contributed by atoms with Crippen molar-refractivity contribution in [2.75, 3.05) is 5.32 Å². The van der Waals surface area contributed by atoms with Crippen molar-refractivity contribution >= 4 is 21.5 Å². The molecule has 0 bridgehead atoms. The smallest absolute Gasteiger partial charge is 0.345 e. The minimum atomic E-state index is -0.405. The number of hydrogen-bond acceptors (Lipinski definition) is 5. The predicted octanol–water partition coefficient (Wildman–Crippen LogP) is 3.54. The van der Waals surface area contributed by atoms with E-state index in [0.717, 1.165) is 30.6 Å². The molecule has 0 radical (unpaired) electrons. The second-order valence-electron chi connectivity index (χ2n) is 4.55. The number of aromatic nitrogens is 1. The van der Waals surface area contributed by atoms with E-state index in [-0.39, 0.29) is 11.0 Å². The minimum absolute atomic E-state index is 0.0756. The summed E-state index contributed by atoms with van der Waals surface area (Å²) in [6.07, 6.45) is 4.57. The van der Waals surface area contributed by atoms with E-state index in [1.54, 1.807) is 0 Å². The molecule has 1 aromatic heterocycles. The Bertz CT molecular complexity index is 611. The minimum Gasteiger partial charge on any atom is -0.355 e. The van der Waals surface area contributed by atoms with Crippen LogP contribution in [0.25, 0.3) is 0 Å². The van der Waals surface area contributed by atoms with Crippen LogP contribution in [0.1, 0.15) is 30.0 Å². The molecule has 0 fully saturated rings. The van der Waals surface area contributed by atoms with Crippen LogP contribution in [-0.4, -0.2) is 9.91 Å². The van der Waals surface area contributed by atoms with Crippen molar-refractivity contribution in [3.8, 4) is 0 Å². The van der Waals surface area contributed by atoms with E-state index in [9.17, 15) is 10.1 Å².